The van der Waals surface area contributed by atoms with Gasteiger partial charge in [-0.2, -0.15) is 23.3 Å². The van der Waals surface area contributed by atoms with Crippen LogP contribution in [0.25, 0.3) is 0 Å². The van der Waals surface area contributed by atoms with Crippen LogP contribution in [0.5, 0.6) is 0 Å². The molecule has 1 atom stereocenters. The van der Waals surface area contributed by atoms with Crippen molar-refractivity contribution in [1.29, 1.82) is 0 Å². The summed E-state index contributed by atoms with van der Waals surface area (Å²) < 4.78 is 41.1. The number of carboxylic acid groups (broad SMARTS) is 1. The van der Waals surface area contributed by atoms with Gasteiger partial charge in [0.15, 0.2) is 0 Å². The van der Waals surface area contributed by atoms with Gasteiger partial charge in [0.05, 0.1) is 17.9 Å². The summed E-state index contributed by atoms with van der Waals surface area (Å²) in [6.07, 6.45) is 1.22. The van der Waals surface area contributed by atoms with Crippen molar-refractivity contribution in [3.63, 3.8) is 0 Å². The fourth-order valence-corrected chi connectivity index (χ4v) is 2.87. The Morgan fingerprint density at radius 2 is 2.07 bits per heavy atom. The van der Waals surface area contributed by atoms with E-state index >= 15 is 0 Å². The van der Waals surface area contributed by atoms with E-state index in [4.69, 9.17) is 10.8 Å². The largest absolute Gasteiger partial charge is 0.480 e. The van der Waals surface area contributed by atoms with E-state index in [0.29, 0.717) is 11.4 Å². The van der Waals surface area contributed by atoms with Crippen molar-refractivity contribution in [2.24, 2.45) is 5.73 Å². The van der Waals surface area contributed by atoms with E-state index in [2.05, 4.69) is 25.7 Å². The Labute approximate surface area is 163 Å². The summed E-state index contributed by atoms with van der Waals surface area (Å²) in [6.45, 7) is -0.0287. The van der Waals surface area contributed by atoms with E-state index in [0.717, 1.165) is 31.9 Å². The fraction of sp³-hybridized carbons (Fsp3) is 0.529. The van der Waals surface area contributed by atoms with Gasteiger partial charge >= 0.3 is 12.1 Å². The second-order valence-electron chi connectivity index (χ2n) is 7.37. The van der Waals surface area contributed by atoms with Gasteiger partial charge in [-0.15, -0.1) is 0 Å². The highest BCUT2D eigenvalue weighted by Crippen LogP contribution is 2.43. The van der Waals surface area contributed by atoms with Gasteiger partial charge in [-0.05, 0) is 25.7 Å². The van der Waals surface area contributed by atoms with E-state index < -0.39 is 23.8 Å². The number of anilines is 3. The minimum Gasteiger partial charge on any atom is -0.480 e. The molecule has 2 aliphatic carbocycles. The summed E-state index contributed by atoms with van der Waals surface area (Å²) >= 11 is 0. The van der Waals surface area contributed by atoms with Crippen LogP contribution < -0.4 is 16.4 Å². The molecule has 0 bridgehead atoms. The highest BCUT2D eigenvalue weighted by Gasteiger charge is 2.37. The third-order valence-electron chi connectivity index (χ3n) is 4.71. The number of hydrogen-bond donors (Lipinski definition) is 4. The Morgan fingerprint density at radius 1 is 1.34 bits per heavy atom. The lowest BCUT2D eigenvalue weighted by Gasteiger charge is -2.14. The fourth-order valence-electron chi connectivity index (χ4n) is 2.87. The number of aliphatic carboxylic acids is 1. The second kappa shape index (κ2) is 7.17. The molecule has 2 heterocycles. The SMILES string of the molecule is NC(Cn1cc(Nc2ncc(C(F)(F)F)c(NC3CC3)n2)c(C2CC2)n1)C(=O)O. The number of alkyl halides is 3. The zero-order valence-electron chi connectivity index (χ0n) is 15.3. The van der Waals surface area contributed by atoms with Crippen LogP contribution in [0.3, 0.4) is 0 Å². The second-order valence-corrected chi connectivity index (χ2v) is 7.37. The first-order chi connectivity index (χ1) is 13.7. The Kier molecular flexibility index (Phi) is 4.81. The van der Waals surface area contributed by atoms with Crippen molar-refractivity contribution in [2.75, 3.05) is 10.6 Å². The molecule has 0 aromatic carbocycles. The van der Waals surface area contributed by atoms with Crippen LogP contribution in [0, 0.1) is 0 Å². The van der Waals surface area contributed by atoms with E-state index in [-0.39, 0.29) is 30.3 Å². The van der Waals surface area contributed by atoms with E-state index in [1.807, 2.05) is 0 Å². The van der Waals surface area contributed by atoms with E-state index in [1.54, 1.807) is 6.20 Å². The standard InChI is InChI=1S/C17H20F3N7O2/c18-17(19,20)10-5-22-16(25-14(10)23-9-3-4-9)24-12-7-27(6-11(21)15(28)29)26-13(12)8-1-2-8/h5,7-9,11H,1-4,6,21H2,(H,28,29)(H2,22,23,24,25). The van der Waals surface area contributed by atoms with Crippen LogP contribution in [0.4, 0.5) is 30.6 Å². The van der Waals surface area contributed by atoms with Crippen LogP contribution in [-0.2, 0) is 17.5 Å². The number of carbonyl (C=O) groups is 1. The van der Waals surface area contributed by atoms with Crippen LogP contribution in [0.1, 0.15) is 42.9 Å². The van der Waals surface area contributed by atoms with Crippen molar-refractivity contribution >= 4 is 23.4 Å². The van der Waals surface area contributed by atoms with Gasteiger partial charge in [0, 0.05) is 24.4 Å². The number of carboxylic acids is 1. The Bertz CT molecular complexity index is 922. The molecule has 0 radical (unpaired) electrons. The highest BCUT2D eigenvalue weighted by atomic mass is 19.4. The number of halogens is 3. The third kappa shape index (κ3) is 4.58. The summed E-state index contributed by atoms with van der Waals surface area (Å²) in [6, 6.07) is -1.13. The lowest BCUT2D eigenvalue weighted by molar-refractivity contribution is -0.139. The Morgan fingerprint density at radius 3 is 2.66 bits per heavy atom. The normalized spacial score (nSPS) is 17.8. The molecule has 2 aromatic heterocycles. The number of aromatic nitrogens is 4. The molecule has 4 rings (SSSR count). The number of nitrogens with two attached hydrogens (primary N) is 1. The molecule has 0 aliphatic heterocycles. The summed E-state index contributed by atoms with van der Waals surface area (Å²) in [7, 11) is 0. The minimum atomic E-state index is -4.56. The van der Waals surface area contributed by atoms with Crippen molar-refractivity contribution < 1.29 is 23.1 Å². The molecular formula is C17H20F3N7O2. The van der Waals surface area contributed by atoms with Crippen molar-refractivity contribution in [3.8, 4) is 0 Å². The maximum atomic E-state index is 13.2. The third-order valence-corrected chi connectivity index (χ3v) is 4.71. The van der Waals surface area contributed by atoms with Crippen molar-refractivity contribution in [1.82, 2.24) is 19.7 Å². The first-order valence-electron chi connectivity index (χ1n) is 9.24. The maximum absolute atomic E-state index is 13.2. The first kappa shape index (κ1) is 19.4. The molecule has 0 spiro atoms. The average molecular weight is 411 g/mol. The van der Waals surface area contributed by atoms with Gasteiger partial charge in [0.2, 0.25) is 5.95 Å². The monoisotopic (exact) mass is 411 g/mol. The van der Waals surface area contributed by atoms with Crippen LogP contribution in [0.2, 0.25) is 0 Å². The molecule has 2 fully saturated rings. The van der Waals surface area contributed by atoms with Gasteiger partial charge in [0.1, 0.15) is 17.4 Å². The Hall–Kier alpha value is -2.89. The average Bonchev–Trinajstić information content (AvgIpc) is 3.55. The van der Waals surface area contributed by atoms with Crippen LogP contribution >= 0.6 is 0 Å². The lowest BCUT2D eigenvalue weighted by Crippen LogP contribution is -2.34. The summed E-state index contributed by atoms with van der Waals surface area (Å²) in [4.78, 5) is 18.8. The van der Waals surface area contributed by atoms with E-state index in [1.165, 1.54) is 4.68 Å². The predicted molar refractivity (Wildman–Crippen MR) is 96.8 cm³/mol. The molecule has 5 N–H and O–H groups in total. The van der Waals surface area contributed by atoms with Crippen LogP contribution in [0.15, 0.2) is 12.4 Å². The number of nitrogens with zero attached hydrogens (tertiary/aromatic N) is 4. The molecule has 2 saturated carbocycles. The van der Waals surface area contributed by atoms with Crippen molar-refractivity contribution in [2.45, 2.75) is 56.4 Å². The highest BCUT2D eigenvalue weighted by molar-refractivity contribution is 5.73. The first-order valence-corrected chi connectivity index (χ1v) is 9.24. The summed E-state index contributed by atoms with van der Waals surface area (Å²) in [5.74, 6) is -1.20. The zero-order chi connectivity index (χ0) is 20.8. The quantitative estimate of drug-likeness (QED) is 0.520. The lowest BCUT2D eigenvalue weighted by atomic mass is 10.2. The van der Waals surface area contributed by atoms with Gasteiger partial charge in [-0.1, -0.05) is 0 Å². The molecular weight excluding hydrogens is 391 g/mol. The van der Waals surface area contributed by atoms with Crippen molar-refractivity contribution in [3.05, 3.63) is 23.7 Å². The number of hydrogen-bond acceptors (Lipinski definition) is 7. The molecule has 9 nitrogen and oxygen atoms in total. The summed E-state index contributed by atoms with van der Waals surface area (Å²) in [5, 5.41) is 19.1. The molecule has 2 aliphatic rings. The molecule has 29 heavy (non-hydrogen) atoms. The molecule has 1 unspecified atom stereocenters. The molecule has 156 valence electrons. The van der Waals surface area contributed by atoms with Crippen LogP contribution in [-0.4, -0.2) is 42.9 Å². The smallest absolute Gasteiger partial charge is 0.421 e. The summed E-state index contributed by atoms with van der Waals surface area (Å²) in [5.41, 5.74) is 5.87. The molecule has 0 saturated heterocycles. The van der Waals surface area contributed by atoms with Gasteiger partial charge in [-0.25, -0.2) is 4.98 Å². The number of nitrogens with one attached hydrogen (secondary N) is 2. The van der Waals surface area contributed by atoms with Gasteiger partial charge < -0.3 is 21.5 Å². The minimum absolute atomic E-state index is 0.00475. The Balaban J connectivity index is 1.59. The van der Waals surface area contributed by atoms with Gasteiger partial charge in [0.25, 0.3) is 0 Å². The molecule has 12 heteroatoms. The number of rotatable bonds is 8. The molecule has 2 aromatic rings. The predicted octanol–water partition coefficient (Wildman–Crippen LogP) is 2.30. The molecule has 0 amide bonds. The van der Waals surface area contributed by atoms with E-state index in [9.17, 15) is 18.0 Å². The van der Waals surface area contributed by atoms with Gasteiger partial charge in [-0.3, -0.25) is 9.48 Å². The zero-order valence-corrected chi connectivity index (χ0v) is 15.3. The maximum Gasteiger partial charge on any atom is 0.421 e. The topological polar surface area (TPSA) is 131 Å².